The van der Waals surface area contributed by atoms with Gasteiger partial charge in [-0.3, -0.25) is 4.79 Å². The molecule has 0 spiro atoms. The van der Waals surface area contributed by atoms with E-state index in [9.17, 15) is 4.79 Å². The maximum atomic E-state index is 12.0. The first-order valence-electron chi connectivity index (χ1n) is 6.43. The molecule has 128 valence electrons. The third-order valence-electron chi connectivity index (χ3n) is 2.87. The van der Waals surface area contributed by atoms with Crippen LogP contribution in [0.1, 0.15) is 0 Å². The van der Waals surface area contributed by atoms with E-state index in [4.69, 9.17) is 67.5 Å². The average molecular weight is 430 g/mol. The van der Waals surface area contributed by atoms with E-state index in [1.807, 2.05) is 0 Å². The van der Waals surface area contributed by atoms with E-state index in [-0.39, 0.29) is 37.5 Å². The molecule has 0 unspecified atom stereocenters. The first-order chi connectivity index (χ1) is 11.3. The monoisotopic (exact) mass is 427 g/mol. The molecule has 24 heavy (non-hydrogen) atoms. The van der Waals surface area contributed by atoms with Gasteiger partial charge in [-0.25, -0.2) is 0 Å². The Labute approximate surface area is 163 Å². The van der Waals surface area contributed by atoms with E-state index in [0.717, 1.165) is 0 Å². The molecule has 0 bridgehead atoms. The van der Waals surface area contributed by atoms with Crippen LogP contribution in [0.5, 0.6) is 11.5 Å². The number of carbonyl (C=O) groups excluding carboxylic acids is 1. The predicted molar refractivity (Wildman–Crippen MR) is 98.6 cm³/mol. The molecule has 0 atom stereocenters. The fourth-order valence-corrected chi connectivity index (χ4v) is 2.98. The zero-order chi connectivity index (χ0) is 17.9. The Morgan fingerprint density at radius 2 is 1.58 bits per heavy atom. The number of hydrogen-bond donors (Lipinski definition) is 1. The summed E-state index contributed by atoms with van der Waals surface area (Å²) in [6.07, 6.45) is 0. The molecule has 0 fully saturated rings. The number of hydrogen-bond acceptors (Lipinski definition) is 3. The van der Waals surface area contributed by atoms with E-state index < -0.39 is 5.91 Å². The van der Waals surface area contributed by atoms with Crippen molar-refractivity contribution in [1.29, 1.82) is 0 Å². The summed E-state index contributed by atoms with van der Waals surface area (Å²) in [6, 6.07) is 6.86. The van der Waals surface area contributed by atoms with Crippen molar-refractivity contribution < 1.29 is 14.3 Å². The maximum absolute atomic E-state index is 12.0. The number of benzene rings is 2. The molecule has 1 N–H and O–H groups in total. The standard InChI is InChI=1S/C15H10Cl5NO3/c1-23-8-4-2-3-7(5-8)21-9(22)6-24-15-13(19)11(17)10(16)12(18)14(15)20/h2-5H,6H2,1H3,(H,21,22). The SMILES string of the molecule is COc1cccc(NC(=O)COc2c(Cl)c(Cl)c(Cl)c(Cl)c2Cl)c1. The molecule has 0 aliphatic rings. The smallest absolute Gasteiger partial charge is 0.262 e. The van der Waals surface area contributed by atoms with Crippen LogP contribution in [0.4, 0.5) is 5.69 Å². The van der Waals surface area contributed by atoms with Gasteiger partial charge in [0.1, 0.15) is 15.8 Å². The number of anilines is 1. The minimum absolute atomic E-state index is 0.00376. The van der Waals surface area contributed by atoms with Gasteiger partial charge in [0.05, 0.1) is 22.2 Å². The second kappa shape index (κ2) is 8.37. The van der Waals surface area contributed by atoms with E-state index in [1.165, 1.54) is 7.11 Å². The lowest BCUT2D eigenvalue weighted by molar-refractivity contribution is -0.118. The quantitative estimate of drug-likeness (QED) is 0.470. The zero-order valence-electron chi connectivity index (χ0n) is 12.1. The molecule has 0 aromatic heterocycles. The number of methoxy groups -OCH3 is 1. The van der Waals surface area contributed by atoms with Crippen LogP contribution in [-0.2, 0) is 4.79 Å². The number of amides is 1. The Hall–Kier alpha value is -1.04. The molecule has 1 amide bonds. The van der Waals surface area contributed by atoms with Crippen LogP contribution >= 0.6 is 58.0 Å². The summed E-state index contributed by atoms with van der Waals surface area (Å²) in [7, 11) is 1.53. The van der Waals surface area contributed by atoms with Crippen LogP contribution in [0.3, 0.4) is 0 Å². The van der Waals surface area contributed by atoms with Crippen LogP contribution in [0.2, 0.25) is 25.1 Å². The molecule has 0 aliphatic carbocycles. The van der Waals surface area contributed by atoms with E-state index >= 15 is 0 Å². The molecule has 9 heteroatoms. The highest BCUT2D eigenvalue weighted by Gasteiger charge is 2.21. The summed E-state index contributed by atoms with van der Waals surface area (Å²) >= 11 is 29.8. The maximum Gasteiger partial charge on any atom is 0.262 e. The second-order valence-corrected chi connectivity index (χ2v) is 6.36. The summed E-state index contributed by atoms with van der Waals surface area (Å²) in [5, 5.41) is 2.61. The molecule has 0 heterocycles. The molecule has 2 rings (SSSR count). The summed E-state index contributed by atoms with van der Waals surface area (Å²) in [6.45, 7) is -0.356. The molecule has 2 aromatic rings. The van der Waals surface area contributed by atoms with E-state index in [0.29, 0.717) is 11.4 Å². The Morgan fingerprint density at radius 1 is 1.00 bits per heavy atom. The molecule has 2 aromatic carbocycles. The lowest BCUT2D eigenvalue weighted by Gasteiger charge is -2.13. The number of halogens is 5. The lowest BCUT2D eigenvalue weighted by Crippen LogP contribution is -2.20. The van der Waals surface area contributed by atoms with Crippen LogP contribution in [0, 0.1) is 0 Å². The largest absolute Gasteiger partial charge is 0.497 e. The van der Waals surface area contributed by atoms with Crippen LogP contribution in [0.25, 0.3) is 0 Å². The molecule has 0 aliphatic heterocycles. The number of ether oxygens (including phenoxy) is 2. The van der Waals surface area contributed by atoms with Gasteiger partial charge in [-0.15, -0.1) is 0 Å². The van der Waals surface area contributed by atoms with Crippen molar-refractivity contribution in [3.8, 4) is 11.5 Å². The Kier molecular flexibility index (Phi) is 6.72. The fraction of sp³-hybridized carbons (Fsp3) is 0.133. The van der Waals surface area contributed by atoms with Gasteiger partial charge in [-0.05, 0) is 12.1 Å². The fourth-order valence-electron chi connectivity index (χ4n) is 1.75. The average Bonchev–Trinajstić information content (AvgIpc) is 2.58. The third-order valence-corrected chi connectivity index (χ3v) is 5.11. The molecule has 0 radical (unpaired) electrons. The van der Waals surface area contributed by atoms with Crippen molar-refractivity contribution in [3.05, 3.63) is 49.4 Å². The van der Waals surface area contributed by atoms with Crippen molar-refractivity contribution in [2.24, 2.45) is 0 Å². The van der Waals surface area contributed by atoms with Gasteiger partial charge in [0.25, 0.3) is 5.91 Å². The summed E-state index contributed by atoms with van der Waals surface area (Å²) in [4.78, 5) is 12.0. The number of carbonyl (C=O) groups is 1. The van der Waals surface area contributed by atoms with Crippen molar-refractivity contribution in [2.75, 3.05) is 19.0 Å². The van der Waals surface area contributed by atoms with Crippen LogP contribution in [-0.4, -0.2) is 19.6 Å². The van der Waals surface area contributed by atoms with E-state index in [1.54, 1.807) is 24.3 Å². The number of rotatable bonds is 5. The van der Waals surface area contributed by atoms with Gasteiger partial charge in [0.2, 0.25) is 0 Å². The Morgan fingerprint density at radius 3 is 2.17 bits per heavy atom. The van der Waals surface area contributed by atoms with Crippen molar-refractivity contribution >= 4 is 69.6 Å². The van der Waals surface area contributed by atoms with Gasteiger partial charge in [-0.1, -0.05) is 64.1 Å². The normalized spacial score (nSPS) is 10.4. The minimum Gasteiger partial charge on any atom is -0.497 e. The van der Waals surface area contributed by atoms with Gasteiger partial charge in [0.15, 0.2) is 12.4 Å². The van der Waals surface area contributed by atoms with Gasteiger partial charge >= 0.3 is 0 Å². The third kappa shape index (κ3) is 4.32. The number of nitrogens with one attached hydrogen (secondary N) is 1. The van der Waals surface area contributed by atoms with Gasteiger partial charge in [0, 0.05) is 11.8 Å². The highest BCUT2D eigenvalue weighted by atomic mass is 35.5. The van der Waals surface area contributed by atoms with Crippen molar-refractivity contribution in [2.45, 2.75) is 0 Å². The summed E-state index contributed by atoms with van der Waals surface area (Å²) < 4.78 is 10.4. The van der Waals surface area contributed by atoms with Gasteiger partial charge in [-0.2, -0.15) is 0 Å². The zero-order valence-corrected chi connectivity index (χ0v) is 15.9. The van der Waals surface area contributed by atoms with Crippen LogP contribution < -0.4 is 14.8 Å². The first-order valence-corrected chi connectivity index (χ1v) is 8.32. The highest BCUT2D eigenvalue weighted by molar-refractivity contribution is 6.55. The molecular weight excluding hydrogens is 419 g/mol. The molecule has 4 nitrogen and oxygen atoms in total. The topological polar surface area (TPSA) is 47.6 Å². The molecular formula is C15H10Cl5NO3. The highest BCUT2D eigenvalue weighted by Crippen LogP contribution is 2.48. The predicted octanol–water partition coefficient (Wildman–Crippen LogP) is 5.98. The molecule has 0 saturated heterocycles. The lowest BCUT2D eigenvalue weighted by atomic mass is 10.3. The summed E-state index contributed by atoms with van der Waals surface area (Å²) in [5.74, 6) is 0.159. The summed E-state index contributed by atoms with van der Waals surface area (Å²) in [5.41, 5.74) is 0.548. The van der Waals surface area contributed by atoms with E-state index in [2.05, 4.69) is 5.32 Å². The van der Waals surface area contributed by atoms with Crippen LogP contribution in [0.15, 0.2) is 24.3 Å². The van der Waals surface area contributed by atoms with Gasteiger partial charge < -0.3 is 14.8 Å². The molecule has 0 saturated carbocycles. The van der Waals surface area contributed by atoms with Crippen molar-refractivity contribution in [3.63, 3.8) is 0 Å². The van der Waals surface area contributed by atoms with Crippen molar-refractivity contribution in [1.82, 2.24) is 0 Å². The first kappa shape index (κ1) is 19.3. The Balaban J connectivity index is 2.09. The Bertz CT molecular complexity index is 753. The second-order valence-electron chi connectivity index (χ2n) is 4.47. The minimum atomic E-state index is -0.433.